The van der Waals surface area contributed by atoms with Crippen LogP contribution in [0.3, 0.4) is 0 Å². The van der Waals surface area contributed by atoms with Gasteiger partial charge in [-0.1, -0.05) is 152 Å². The van der Waals surface area contributed by atoms with Gasteiger partial charge in [0.05, 0.1) is 16.6 Å². The van der Waals surface area contributed by atoms with Crippen LogP contribution in [0.5, 0.6) is 0 Å². The molecular formula is C50H34N2. The van der Waals surface area contributed by atoms with Gasteiger partial charge in [0, 0.05) is 38.8 Å². The number of rotatable bonds is 6. The molecule has 0 aliphatic carbocycles. The highest BCUT2D eigenvalue weighted by atomic mass is 15.1. The van der Waals surface area contributed by atoms with Crippen molar-refractivity contribution in [3.05, 3.63) is 206 Å². The van der Waals surface area contributed by atoms with Crippen molar-refractivity contribution in [3.63, 3.8) is 0 Å². The molecular weight excluding hydrogens is 629 g/mol. The molecule has 0 atom stereocenters. The Morgan fingerprint density at radius 3 is 1.35 bits per heavy atom. The first kappa shape index (κ1) is 30.0. The molecule has 0 saturated heterocycles. The lowest BCUT2D eigenvalue weighted by molar-refractivity contribution is 1.28. The van der Waals surface area contributed by atoms with E-state index in [0.29, 0.717) is 0 Å². The highest BCUT2D eigenvalue weighted by Gasteiger charge is 2.19. The van der Waals surface area contributed by atoms with Crippen molar-refractivity contribution in [1.29, 1.82) is 0 Å². The summed E-state index contributed by atoms with van der Waals surface area (Å²) in [5, 5.41) is 5.05. The number of pyridine rings is 1. The Morgan fingerprint density at radius 2 is 0.731 bits per heavy atom. The standard InChI is InChI=1S/C50H34N2/c1-4-14-38(15-5-1)49-45-21-11-13-23-48(45)52-47-22-12-10-20-44(47)43-33-30-39(34-46(43)50(49)52)37-26-24-35(25-27-37)36-28-31-42(32-29-36)51(40-16-6-2-7-17-40)41-18-8-3-9-19-41/h1-34H. The minimum absolute atomic E-state index is 1.13. The smallest absolute Gasteiger partial charge is 0.0626 e. The molecule has 2 heteroatoms. The average Bonchev–Trinajstić information content (AvgIpc) is 3.58. The molecule has 0 fully saturated rings. The van der Waals surface area contributed by atoms with E-state index >= 15 is 0 Å². The quantitative estimate of drug-likeness (QED) is 0.161. The number of nitrogens with zero attached hydrogens (tertiary/aromatic N) is 2. The van der Waals surface area contributed by atoms with E-state index in [9.17, 15) is 0 Å². The summed E-state index contributed by atoms with van der Waals surface area (Å²) in [7, 11) is 0. The van der Waals surface area contributed by atoms with E-state index in [1.165, 1.54) is 71.5 Å². The number of para-hydroxylation sites is 4. The van der Waals surface area contributed by atoms with Gasteiger partial charge in [-0.3, -0.25) is 0 Å². The zero-order valence-electron chi connectivity index (χ0n) is 28.5. The van der Waals surface area contributed by atoms with Gasteiger partial charge in [0.15, 0.2) is 0 Å². The van der Waals surface area contributed by atoms with E-state index in [4.69, 9.17) is 0 Å². The predicted molar refractivity (Wildman–Crippen MR) is 221 cm³/mol. The van der Waals surface area contributed by atoms with E-state index in [-0.39, 0.29) is 0 Å². The van der Waals surface area contributed by atoms with Gasteiger partial charge in [-0.05, 0) is 87.8 Å². The summed E-state index contributed by atoms with van der Waals surface area (Å²) >= 11 is 0. The van der Waals surface area contributed by atoms with E-state index in [0.717, 1.165) is 17.1 Å². The Bertz CT molecular complexity index is 2820. The van der Waals surface area contributed by atoms with Crippen LogP contribution in [0.15, 0.2) is 206 Å². The fourth-order valence-electron chi connectivity index (χ4n) is 7.95. The molecule has 0 unspecified atom stereocenters. The predicted octanol–water partition coefficient (Wildman–Crippen LogP) is 13.9. The van der Waals surface area contributed by atoms with Crippen LogP contribution in [-0.4, -0.2) is 4.40 Å². The first-order valence-electron chi connectivity index (χ1n) is 17.9. The minimum Gasteiger partial charge on any atom is -0.311 e. The Hall–Kier alpha value is -6.90. The second-order valence-electron chi connectivity index (χ2n) is 13.4. The van der Waals surface area contributed by atoms with Crippen molar-refractivity contribution in [3.8, 4) is 33.4 Å². The van der Waals surface area contributed by atoms with Crippen molar-refractivity contribution in [2.45, 2.75) is 0 Å². The lowest BCUT2D eigenvalue weighted by atomic mass is 9.95. The van der Waals surface area contributed by atoms with Crippen LogP contribution < -0.4 is 4.90 Å². The summed E-state index contributed by atoms with van der Waals surface area (Å²) < 4.78 is 2.47. The van der Waals surface area contributed by atoms with Gasteiger partial charge in [0.25, 0.3) is 0 Å². The van der Waals surface area contributed by atoms with E-state index in [2.05, 4.69) is 216 Å². The molecule has 2 nitrogen and oxygen atoms in total. The molecule has 0 radical (unpaired) electrons. The SMILES string of the molecule is c1ccc(-c2c3ccccc3n3c4ccccc4c4ccc(-c5ccc(-c6ccc(N(c7ccccc7)c7ccccc7)cc6)cc5)cc4c23)cc1. The van der Waals surface area contributed by atoms with Gasteiger partial charge >= 0.3 is 0 Å². The molecule has 52 heavy (non-hydrogen) atoms. The van der Waals surface area contributed by atoms with Gasteiger partial charge in [0.2, 0.25) is 0 Å². The van der Waals surface area contributed by atoms with Gasteiger partial charge < -0.3 is 9.30 Å². The summed E-state index contributed by atoms with van der Waals surface area (Å²) in [6, 6.07) is 74.5. The first-order chi connectivity index (χ1) is 25.8. The van der Waals surface area contributed by atoms with E-state index < -0.39 is 0 Å². The first-order valence-corrected chi connectivity index (χ1v) is 17.9. The fourth-order valence-corrected chi connectivity index (χ4v) is 7.95. The third-order valence-electron chi connectivity index (χ3n) is 10.4. The number of hydrogen-bond acceptors (Lipinski definition) is 1. The van der Waals surface area contributed by atoms with Crippen LogP contribution in [-0.2, 0) is 0 Å². The molecule has 0 N–H and O–H groups in total. The van der Waals surface area contributed by atoms with Gasteiger partial charge in [-0.2, -0.15) is 0 Å². The molecule has 0 amide bonds. The molecule has 0 aliphatic rings. The van der Waals surface area contributed by atoms with Crippen molar-refractivity contribution >= 4 is 55.2 Å². The van der Waals surface area contributed by atoms with E-state index in [1.54, 1.807) is 0 Å². The maximum absolute atomic E-state index is 2.47. The Kier molecular flexibility index (Phi) is 7.18. The second kappa shape index (κ2) is 12.5. The van der Waals surface area contributed by atoms with E-state index in [1.807, 2.05) is 0 Å². The molecule has 0 bridgehead atoms. The molecule has 2 aromatic heterocycles. The van der Waals surface area contributed by atoms with Crippen molar-refractivity contribution in [2.75, 3.05) is 4.90 Å². The Balaban J connectivity index is 1.07. The fraction of sp³-hybridized carbons (Fsp3) is 0. The largest absolute Gasteiger partial charge is 0.311 e. The zero-order chi connectivity index (χ0) is 34.4. The van der Waals surface area contributed by atoms with Crippen LogP contribution in [0.2, 0.25) is 0 Å². The van der Waals surface area contributed by atoms with Crippen LogP contribution in [0, 0.1) is 0 Å². The maximum atomic E-state index is 2.47. The second-order valence-corrected chi connectivity index (χ2v) is 13.4. The normalized spacial score (nSPS) is 11.5. The molecule has 10 rings (SSSR count). The minimum atomic E-state index is 1.13. The van der Waals surface area contributed by atoms with Crippen LogP contribution in [0.4, 0.5) is 17.1 Å². The summed E-state index contributed by atoms with van der Waals surface area (Å²) in [4.78, 5) is 2.30. The third-order valence-corrected chi connectivity index (χ3v) is 10.4. The van der Waals surface area contributed by atoms with Gasteiger partial charge in [-0.25, -0.2) is 0 Å². The third kappa shape index (κ3) is 4.96. The molecule has 0 aliphatic heterocycles. The number of benzene rings is 8. The molecule has 244 valence electrons. The number of anilines is 3. The molecule has 0 saturated carbocycles. The topological polar surface area (TPSA) is 7.65 Å². The molecule has 0 spiro atoms. The van der Waals surface area contributed by atoms with Crippen molar-refractivity contribution < 1.29 is 0 Å². The summed E-state index contributed by atoms with van der Waals surface area (Å²) in [5.41, 5.74) is 14.4. The van der Waals surface area contributed by atoms with Gasteiger partial charge in [0.1, 0.15) is 0 Å². The van der Waals surface area contributed by atoms with Crippen LogP contribution in [0.1, 0.15) is 0 Å². The van der Waals surface area contributed by atoms with Crippen molar-refractivity contribution in [1.82, 2.24) is 4.40 Å². The summed E-state index contributed by atoms with van der Waals surface area (Å²) in [6.07, 6.45) is 0. The number of fused-ring (bicyclic) bond motifs is 8. The monoisotopic (exact) mass is 662 g/mol. The maximum Gasteiger partial charge on any atom is 0.0626 e. The Morgan fingerprint density at radius 1 is 0.288 bits per heavy atom. The lowest BCUT2D eigenvalue weighted by Gasteiger charge is -2.25. The molecule has 8 aromatic carbocycles. The van der Waals surface area contributed by atoms with Crippen LogP contribution in [0.25, 0.3) is 71.5 Å². The summed E-state index contributed by atoms with van der Waals surface area (Å²) in [6.45, 7) is 0. The zero-order valence-corrected chi connectivity index (χ0v) is 28.5. The highest BCUT2D eigenvalue weighted by Crippen LogP contribution is 2.43. The summed E-state index contributed by atoms with van der Waals surface area (Å²) in [5.74, 6) is 0. The lowest BCUT2D eigenvalue weighted by Crippen LogP contribution is -2.09. The average molecular weight is 663 g/mol. The Labute approximate surface area is 303 Å². The molecule has 10 aromatic rings. The molecule has 2 heterocycles. The number of hydrogen-bond donors (Lipinski definition) is 0. The van der Waals surface area contributed by atoms with Crippen molar-refractivity contribution in [2.24, 2.45) is 0 Å². The van der Waals surface area contributed by atoms with Crippen LogP contribution >= 0.6 is 0 Å². The highest BCUT2D eigenvalue weighted by molar-refractivity contribution is 6.22. The van der Waals surface area contributed by atoms with Gasteiger partial charge in [-0.15, -0.1) is 0 Å². The number of aromatic nitrogens is 1.